The number of amides is 1. The fourth-order valence-corrected chi connectivity index (χ4v) is 3.49. The molecule has 0 spiro atoms. The number of carbonyl (C=O) groups is 1. The molecule has 3 unspecified atom stereocenters. The van der Waals surface area contributed by atoms with Gasteiger partial charge >= 0.3 is 0 Å². The van der Waals surface area contributed by atoms with Crippen molar-refractivity contribution in [3.63, 3.8) is 0 Å². The molecule has 1 aliphatic rings. The molecule has 1 aromatic rings. The number of benzene rings is 1. The summed E-state index contributed by atoms with van der Waals surface area (Å²) >= 11 is 6.01. The molecule has 1 fully saturated rings. The molecule has 5 nitrogen and oxygen atoms in total. The lowest BCUT2D eigenvalue weighted by Crippen LogP contribution is -2.38. The van der Waals surface area contributed by atoms with Crippen molar-refractivity contribution in [3.8, 4) is 5.75 Å². The van der Waals surface area contributed by atoms with E-state index in [9.17, 15) is 14.3 Å². The van der Waals surface area contributed by atoms with E-state index >= 15 is 0 Å². The van der Waals surface area contributed by atoms with Gasteiger partial charge in [-0.3, -0.25) is 9.69 Å². The second-order valence-electron chi connectivity index (χ2n) is 7.65. The van der Waals surface area contributed by atoms with Gasteiger partial charge in [0.1, 0.15) is 11.9 Å². The molecule has 0 aliphatic carbocycles. The van der Waals surface area contributed by atoms with Gasteiger partial charge in [-0.1, -0.05) is 25.4 Å². The van der Waals surface area contributed by atoms with Crippen molar-refractivity contribution in [3.05, 3.63) is 28.8 Å². The second kappa shape index (κ2) is 10.2. The summed E-state index contributed by atoms with van der Waals surface area (Å²) in [5.41, 5.74) is 0.423. The zero-order valence-corrected chi connectivity index (χ0v) is 17.0. The van der Waals surface area contributed by atoms with Crippen LogP contribution in [0.2, 0.25) is 5.02 Å². The number of carbonyl (C=O) groups excluding carboxylic acids is 1. The maximum absolute atomic E-state index is 14.3. The lowest BCUT2D eigenvalue weighted by Gasteiger charge is -2.25. The Bertz CT molecular complexity index is 629. The van der Waals surface area contributed by atoms with Gasteiger partial charge in [-0.2, -0.15) is 0 Å². The summed E-state index contributed by atoms with van der Waals surface area (Å²) in [6.45, 7) is 5.86. The smallest absolute Gasteiger partial charge is 0.251 e. The third-order valence-corrected chi connectivity index (χ3v) is 5.25. The molecule has 2 N–H and O–H groups in total. The van der Waals surface area contributed by atoms with Gasteiger partial charge in [-0.05, 0) is 49.4 Å². The number of hydrogen-bond acceptors (Lipinski definition) is 4. The average molecular weight is 401 g/mol. The van der Waals surface area contributed by atoms with Crippen molar-refractivity contribution >= 4 is 17.5 Å². The summed E-state index contributed by atoms with van der Waals surface area (Å²) in [7, 11) is 1.52. The van der Waals surface area contributed by atoms with Crippen molar-refractivity contribution < 1.29 is 19.0 Å². The average Bonchev–Trinajstić information content (AvgIpc) is 2.79. The molecule has 1 saturated heterocycles. The van der Waals surface area contributed by atoms with Crippen LogP contribution in [0.3, 0.4) is 0 Å². The molecule has 152 valence electrons. The largest absolute Gasteiger partial charge is 0.497 e. The zero-order chi connectivity index (χ0) is 20.0. The minimum Gasteiger partial charge on any atom is -0.497 e. The summed E-state index contributed by atoms with van der Waals surface area (Å²) in [5.74, 6) is 0.482. The minimum absolute atomic E-state index is 0.0613. The first kappa shape index (κ1) is 21.9. The number of nitrogens with one attached hydrogen (secondary N) is 1. The molecular weight excluding hydrogens is 371 g/mol. The molecule has 2 rings (SSSR count). The number of ether oxygens (including phenoxy) is 1. The van der Waals surface area contributed by atoms with E-state index in [1.165, 1.54) is 7.11 Å². The third kappa shape index (κ3) is 6.94. The Labute approximate surface area is 165 Å². The third-order valence-electron chi connectivity index (χ3n) is 5.03. The van der Waals surface area contributed by atoms with E-state index in [0.717, 1.165) is 13.0 Å². The molecule has 1 heterocycles. The Hall–Kier alpha value is -1.37. The zero-order valence-electron chi connectivity index (χ0n) is 16.3. The van der Waals surface area contributed by atoms with E-state index in [1.807, 2.05) is 18.7 Å². The Morgan fingerprint density at radius 1 is 1.44 bits per heavy atom. The fourth-order valence-electron chi connectivity index (χ4n) is 3.27. The number of rotatable bonds is 7. The van der Waals surface area contributed by atoms with Gasteiger partial charge in [0.25, 0.3) is 5.91 Å². The van der Waals surface area contributed by atoms with E-state index in [1.54, 1.807) is 18.2 Å². The van der Waals surface area contributed by atoms with Crippen molar-refractivity contribution in [1.29, 1.82) is 0 Å². The van der Waals surface area contributed by atoms with Crippen molar-refractivity contribution in [2.24, 2.45) is 11.8 Å². The molecule has 0 bridgehead atoms. The number of methoxy groups -OCH3 is 1. The highest BCUT2D eigenvalue weighted by molar-refractivity contribution is 6.31. The maximum atomic E-state index is 14.3. The summed E-state index contributed by atoms with van der Waals surface area (Å²) in [6, 6.07) is 4.85. The summed E-state index contributed by atoms with van der Waals surface area (Å²) < 4.78 is 19.5. The van der Waals surface area contributed by atoms with Crippen LogP contribution in [0, 0.1) is 11.8 Å². The topological polar surface area (TPSA) is 61.8 Å². The lowest BCUT2D eigenvalue weighted by atomic mass is 10.00. The highest BCUT2D eigenvalue weighted by Crippen LogP contribution is 2.22. The first-order chi connectivity index (χ1) is 12.8. The van der Waals surface area contributed by atoms with E-state index in [4.69, 9.17) is 16.3 Å². The van der Waals surface area contributed by atoms with Gasteiger partial charge in [-0.15, -0.1) is 0 Å². The van der Waals surface area contributed by atoms with Crippen LogP contribution in [-0.2, 0) is 0 Å². The number of alkyl halides is 1. The number of halogens is 2. The predicted molar refractivity (Wildman–Crippen MR) is 105 cm³/mol. The van der Waals surface area contributed by atoms with E-state index in [-0.39, 0.29) is 17.7 Å². The van der Waals surface area contributed by atoms with Gasteiger partial charge in [-0.25, -0.2) is 4.39 Å². The van der Waals surface area contributed by atoms with Crippen LogP contribution in [0.4, 0.5) is 4.39 Å². The maximum Gasteiger partial charge on any atom is 0.251 e. The summed E-state index contributed by atoms with van der Waals surface area (Å²) in [4.78, 5) is 14.4. The van der Waals surface area contributed by atoms with Crippen LogP contribution in [0.1, 0.15) is 37.0 Å². The van der Waals surface area contributed by atoms with E-state index in [0.29, 0.717) is 42.4 Å². The molecule has 1 amide bonds. The molecule has 7 heteroatoms. The highest BCUT2D eigenvalue weighted by Gasteiger charge is 2.26. The molecule has 0 saturated carbocycles. The van der Waals surface area contributed by atoms with Crippen LogP contribution >= 0.6 is 11.6 Å². The molecule has 0 aromatic heterocycles. The van der Waals surface area contributed by atoms with Gasteiger partial charge in [0.05, 0.1) is 13.2 Å². The minimum atomic E-state index is -0.958. The summed E-state index contributed by atoms with van der Waals surface area (Å²) in [5, 5.41) is 13.4. The SMILES string of the molecule is COc1cc(Cl)cc(C(=O)NCC2CCN(CC(O)C(C)C)CC(F)C2)c1. The van der Waals surface area contributed by atoms with Gasteiger partial charge in [0.2, 0.25) is 0 Å². The molecule has 3 atom stereocenters. The van der Waals surface area contributed by atoms with Gasteiger partial charge in [0, 0.05) is 30.2 Å². The van der Waals surface area contributed by atoms with Gasteiger partial charge in [0.15, 0.2) is 0 Å². The number of aliphatic hydroxyl groups excluding tert-OH is 1. The van der Waals surface area contributed by atoms with E-state index < -0.39 is 12.3 Å². The number of β-amino-alcohol motifs (C(OH)–C–C–N with tert-alkyl or cyclic N) is 1. The highest BCUT2D eigenvalue weighted by atomic mass is 35.5. The van der Waals surface area contributed by atoms with Crippen LogP contribution in [-0.4, -0.2) is 61.5 Å². The Kier molecular flexibility index (Phi) is 8.32. The normalized spacial score (nSPS) is 22.3. The number of aliphatic hydroxyl groups is 1. The van der Waals surface area contributed by atoms with E-state index in [2.05, 4.69) is 5.32 Å². The van der Waals surface area contributed by atoms with Crippen LogP contribution < -0.4 is 10.1 Å². The van der Waals surface area contributed by atoms with Crippen molar-refractivity contribution in [1.82, 2.24) is 10.2 Å². The first-order valence-electron chi connectivity index (χ1n) is 9.45. The number of nitrogens with zero attached hydrogens (tertiary/aromatic N) is 1. The molecule has 0 radical (unpaired) electrons. The predicted octanol–water partition coefficient (Wildman–Crippen LogP) is 3.15. The first-order valence-corrected chi connectivity index (χ1v) is 9.83. The second-order valence-corrected chi connectivity index (χ2v) is 8.08. The van der Waals surface area contributed by atoms with Crippen LogP contribution in [0.15, 0.2) is 18.2 Å². The molecular formula is C20H30ClFN2O3. The van der Waals surface area contributed by atoms with Crippen molar-refractivity contribution in [2.75, 3.05) is 33.3 Å². The van der Waals surface area contributed by atoms with Crippen LogP contribution in [0.5, 0.6) is 5.75 Å². The molecule has 1 aliphatic heterocycles. The Balaban J connectivity index is 1.88. The summed E-state index contributed by atoms with van der Waals surface area (Å²) in [6.07, 6.45) is -0.219. The lowest BCUT2D eigenvalue weighted by molar-refractivity contribution is 0.0692. The number of hydrogen-bond donors (Lipinski definition) is 2. The Morgan fingerprint density at radius 3 is 2.85 bits per heavy atom. The van der Waals surface area contributed by atoms with Crippen LogP contribution in [0.25, 0.3) is 0 Å². The van der Waals surface area contributed by atoms with Crippen molar-refractivity contribution in [2.45, 2.75) is 39.0 Å². The molecule has 27 heavy (non-hydrogen) atoms. The fraction of sp³-hybridized carbons (Fsp3) is 0.650. The monoisotopic (exact) mass is 400 g/mol. The standard InChI is InChI=1S/C20H30ClFN2O3/c1-13(2)19(25)12-24-5-4-14(6-17(22)11-24)10-23-20(26)15-7-16(21)9-18(8-15)27-3/h7-9,13-14,17,19,25H,4-6,10-12H2,1-3H3,(H,23,26). The Morgan fingerprint density at radius 2 is 2.19 bits per heavy atom. The number of likely N-dealkylation sites (tertiary alicyclic amines) is 1. The quantitative estimate of drug-likeness (QED) is 0.738. The van der Waals surface area contributed by atoms with Gasteiger partial charge < -0.3 is 15.2 Å². The molecule has 1 aromatic carbocycles.